The largest absolute Gasteiger partial charge is 0.496 e. The summed E-state index contributed by atoms with van der Waals surface area (Å²) in [6, 6.07) is 10.8. The van der Waals surface area contributed by atoms with Crippen molar-refractivity contribution in [1.29, 1.82) is 0 Å². The predicted molar refractivity (Wildman–Crippen MR) is 200 cm³/mol. The van der Waals surface area contributed by atoms with Gasteiger partial charge in [-0.1, -0.05) is 26.0 Å². The monoisotopic (exact) mass is 714 g/mol. The number of aryl methyl sites for hydroxylation is 1. The number of ether oxygens (including phenoxy) is 2. The molecule has 2 aromatic heterocycles. The molecule has 274 valence electrons. The number of fused-ring (bicyclic) bond motifs is 3. The van der Waals surface area contributed by atoms with E-state index < -0.39 is 0 Å². The second kappa shape index (κ2) is 14.9. The van der Waals surface area contributed by atoms with Crippen molar-refractivity contribution in [3.8, 4) is 16.2 Å². The standard InChI is InChI=1S/C41H54N4O5S/c1-27(2)37-43-25-35(51-37)30-11-20-42-36(24-30)45(38(47)29-5-8-33(9-6-29)50-39(48)44-21-12-32(46)13-22-44)26-40-14-17-41(18-15-40,19-16-40)31-7-10-34(49-4)28(3)23-31/h7,10-11,20,23-25,27,29,32-33,46H,5-6,8-9,12-19,21-22,26H2,1-4H3. The zero-order valence-electron chi connectivity index (χ0n) is 30.7. The molecule has 2 bridgehead atoms. The highest BCUT2D eigenvalue weighted by Gasteiger charge is 2.51. The lowest BCUT2D eigenvalue weighted by atomic mass is 9.51. The maximum Gasteiger partial charge on any atom is 0.410 e. The minimum absolute atomic E-state index is 0.0562. The molecule has 3 heterocycles. The number of methoxy groups -OCH3 is 1. The Morgan fingerprint density at radius 1 is 0.980 bits per heavy atom. The fourth-order valence-corrected chi connectivity index (χ4v) is 9.99. The molecule has 1 aromatic carbocycles. The zero-order valence-corrected chi connectivity index (χ0v) is 31.6. The van der Waals surface area contributed by atoms with E-state index in [2.05, 4.69) is 50.0 Å². The third-order valence-corrected chi connectivity index (χ3v) is 13.9. The lowest BCUT2D eigenvalue weighted by Gasteiger charge is -2.55. The number of carbonyl (C=O) groups excluding carboxylic acids is 2. The van der Waals surface area contributed by atoms with Crippen molar-refractivity contribution in [3.05, 3.63) is 58.9 Å². The molecule has 1 saturated heterocycles. The fourth-order valence-electron chi connectivity index (χ4n) is 9.07. The number of aliphatic hydroxyl groups excluding tert-OH is 1. The average Bonchev–Trinajstić information content (AvgIpc) is 3.66. The van der Waals surface area contributed by atoms with Crippen LogP contribution in [0.1, 0.15) is 113 Å². The number of hydrogen-bond donors (Lipinski definition) is 1. The van der Waals surface area contributed by atoms with E-state index in [1.54, 1.807) is 23.3 Å². The van der Waals surface area contributed by atoms with E-state index in [0.717, 1.165) is 65.5 Å². The highest BCUT2D eigenvalue weighted by atomic mass is 32.1. The summed E-state index contributed by atoms with van der Waals surface area (Å²) in [4.78, 5) is 41.9. The van der Waals surface area contributed by atoms with Gasteiger partial charge < -0.3 is 19.5 Å². The van der Waals surface area contributed by atoms with Gasteiger partial charge in [0.05, 0.1) is 23.1 Å². The molecular weight excluding hydrogens is 661 g/mol. The smallest absolute Gasteiger partial charge is 0.410 e. The number of pyridine rings is 1. The van der Waals surface area contributed by atoms with E-state index in [9.17, 15) is 14.7 Å². The van der Waals surface area contributed by atoms with Gasteiger partial charge in [0.25, 0.3) is 0 Å². The SMILES string of the molecule is COc1ccc(C23CCC(CN(C(=O)C4CCC(OC(=O)N5CCC(O)CC5)CC4)c4cc(-c5cnc(C(C)C)s5)ccn4)(CC2)CC3)cc1C. The average molecular weight is 715 g/mol. The summed E-state index contributed by atoms with van der Waals surface area (Å²) >= 11 is 1.71. The molecule has 9 nitrogen and oxygen atoms in total. The maximum absolute atomic E-state index is 14.7. The van der Waals surface area contributed by atoms with Gasteiger partial charge in [0.1, 0.15) is 17.7 Å². The van der Waals surface area contributed by atoms with Crippen LogP contribution >= 0.6 is 11.3 Å². The Hall–Kier alpha value is -3.50. The first kappa shape index (κ1) is 35.9. The number of nitrogens with zero attached hydrogens (tertiary/aromatic N) is 4. The zero-order chi connectivity index (χ0) is 35.8. The molecule has 0 atom stereocenters. The Morgan fingerprint density at radius 2 is 1.69 bits per heavy atom. The van der Waals surface area contributed by atoms with Crippen LogP contribution in [0.5, 0.6) is 5.75 Å². The van der Waals surface area contributed by atoms with Crippen molar-refractivity contribution in [2.45, 2.75) is 121 Å². The number of likely N-dealkylation sites (tertiary alicyclic amines) is 1. The van der Waals surface area contributed by atoms with Crippen molar-refractivity contribution in [2.24, 2.45) is 11.3 Å². The maximum atomic E-state index is 14.7. The molecule has 1 N–H and O–H groups in total. The normalized spacial score (nSPS) is 26.7. The van der Waals surface area contributed by atoms with Crippen LogP contribution in [0.3, 0.4) is 0 Å². The minimum atomic E-state index is -0.338. The molecule has 4 aliphatic carbocycles. The number of aliphatic hydroxyl groups is 1. The molecule has 0 unspecified atom stereocenters. The first-order valence-electron chi connectivity index (χ1n) is 19.1. The van der Waals surface area contributed by atoms with Gasteiger partial charge in [-0.05, 0) is 130 Å². The van der Waals surface area contributed by atoms with Gasteiger partial charge in [0.2, 0.25) is 5.91 Å². The Balaban J connectivity index is 1.08. The number of anilines is 1. The third-order valence-electron chi connectivity index (χ3n) is 12.5. The first-order valence-corrected chi connectivity index (χ1v) is 19.9. The van der Waals surface area contributed by atoms with E-state index in [0.29, 0.717) is 64.1 Å². The van der Waals surface area contributed by atoms with Crippen molar-refractivity contribution in [3.63, 3.8) is 0 Å². The number of benzene rings is 1. The highest BCUT2D eigenvalue weighted by molar-refractivity contribution is 7.15. The molecule has 1 aliphatic heterocycles. The number of carbonyl (C=O) groups is 2. The van der Waals surface area contributed by atoms with Crippen molar-refractivity contribution >= 4 is 29.2 Å². The molecule has 5 aliphatic rings. The summed E-state index contributed by atoms with van der Waals surface area (Å²) < 4.78 is 11.5. The van der Waals surface area contributed by atoms with Gasteiger partial charge in [-0.3, -0.25) is 9.69 Å². The van der Waals surface area contributed by atoms with Gasteiger partial charge in [0.15, 0.2) is 0 Å². The van der Waals surface area contributed by atoms with Crippen molar-refractivity contribution < 1.29 is 24.2 Å². The van der Waals surface area contributed by atoms with Gasteiger partial charge in [0, 0.05) is 43.9 Å². The van der Waals surface area contributed by atoms with Crippen LogP contribution in [0.15, 0.2) is 42.7 Å². The topological polar surface area (TPSA) is 105 Å². The minimum Gasteiger partial charge on any atom is -0.496 e. The molecule has 2 amide bonds. The summed E-state index contributed by atoms with van der Waals surface area (Å²) in [5.41, 5.74) is 3.90. The van der Waals surface area contributed by atoms with Crippen molar-refractivity contribution in [1.82, 2.24) is 14.9 Å². The molecule has 3 aromatic rings. The van der Waals surface area contributed by atoms with E-state index in [1.165, 1.54) is 11.1 Å². The van der Waals surface area contributed by atoms with E-state index in [1.807, 2.05) is 23.4 Å². The number of rotatable bonds is 9. The van der Waals surface area contributed by atoms with Gasteiger partial charge in [-0.15, -0.1) is 11.3 Å². The Morgan fingerprint density at radius 3 is 2.31 bits per heavy atom. The Labute approximate surface area is 306 Å². The van der Waals surface area contributed by atoms with Crippen LogP contribution in [0.25, 0.3) is 10.4 Å². The van der Waals surface area contributed by atoms with Crippen molar-refractivity contribution in [2.75, 3.05) is 31.6 Å². The summed E-state index contributed by atoms with van der Waals surface area (Å²) in [6.07, 6.45) is 13.5. The molecule has 10 heteroatoms. The van der Waals surface area contributed by atoms with E-state index in [4.69, 9.17) is 14.5 Å². The van der Waals surface area contributed by atoms with Gasteiger partial charge in [-0.25, -0.2) is 14.8 Å². The Kier molecular flexibility index (Phi) is 10.5. The fraction of sp³-hybridized carbons (Fsp3) is 0.610. The number of thiazole rings is 1. The predicted octanol–water partition coefficient (Wildman–Crippen LogP) is 8.42. The Bertz CT molecular complexity index is 1680. The van der Waals surface area contributed by atoms with Crippen LogP contribution in [-0.2, 0) is 14.9 Å². The summed E-state index contributed by atoms with van der Waals surface area (Å²) in [5.74, 6) is 2.02. The van der Waals surface area contributed by atoms with E-state index >= 15 is 0 Å². The lowest BCUT2D eigenvalue weighted by molar-refractivity contribution is -0.124. The lowest BCUT2D eigenvalue weighted by Crippen LogP contribution is -2.52. The molecule has 8 rings (SSSR count). The van der Waals surface area contributed by atoms with Crippen LogP contribution in [-0.4, -0.2) is 70.9 Å². The van der Waals surface area contributed by atoms with Gasteiger partial charge in [-0.2, -0.15) is 0 Å². The summed E-state index contributed by atoms with van der Waals surface area (Å²) in [6.45, 7) is 8.18. The number of hydrogen-bond acceptors (Lipinski definition) is 8. The summed E-state index contributed by atoms with van der Waals surface area (Å²) in [5, 5.41) is 10.9. The van der Waals surface area contributed by atoms with Gasteiger partial charge >= 0.3 is 6.09 Å². The molecule has 0 spiro atoms. The number of piperidine rings is 1. The summed E-state index contributed by atoms with van der Waals surface area (Å²) in [7, 11) is 1.73. The van der Waals surface area contributed by atoms with E-state index in [-0.39, 0.29) is 41.0 Å². The highest BCUT2D eigenvalue weighted by Crippen LogP contribution is 2.58. The molecule has 4 saturated carbocycles. The number of aromatic nitrogens is 2. The third kappa shape index (κ3) is 7.54. The second-order valence-corrected chi connectivity index (χ2v) is 17.1. The first-order chi connectivity index (χ1) is 24.6. The van der Waals surface area contributed by atoms with Crippen LogP contribution in [0, 0.1) is 18.3 Å². The molecule has 5 fully saturated rings. The molecule has 51 heavy (non-hydrogen) atoms. The van der Waals surface area contributed by atoms with Crippen LogP contribution in [0.2, 0.25) is 0 Å². The quantitative estimate of drug-likeness (QED) is 0.237. The van der Waals surface area contributed by atoms with Crippen LogP contribution in [0.4, 0.5) is 10.6 Å². The second-order valence-electron chi connectivity index (χ2n) is 16.1. The van der Waals surface area contributed by atoms with Crippen LogP contribution < -0.4 is 9.64 Å². The molecule has 0 radical (unpaired) electrons. The molecular formula is C41H54N4O5S. The number of amides is 2.